The molecule has 0 spiro atoms. The van der Waals surface area contributed by atoms with Gasteiger partial charge in [-0.05, 0) is 49.2 Å². The number of nitrogens with one attached hydrogen (secondary N) is 1. The highest BCUT2D eigenvalue weighted by molar-refractivity contribution is 5.86. The molecule has 2 heterocycles. The molecule has 2 N–H and O–H groups in total. The second kappa shape index (κ2) is 6.56. The quantitative estimate of drug-likeness (QED) is 0.524. The number of benzene rings is 2. The van der Waals surface area contributed by atoms with Crippen LogP contribution in [0.25, 0.3) is 10.9 Å². The predicted molar refractivity (Wildman–Crippen MR) is 103 cm³/mol. The summed E-state index contributed by atoms with van der Waals surface area (Å²) in [6.45, 7) is 4.17. The first-order valence-electron chi connectivity index (χ1n) is 8.58. The molecule has 0 saturated heterocycles. The van der Waals surface area contributed by atoms with Crippen LogP contribution in [0.4, 0.5) is 5.69 Å². The van der Waals surface area contributed by atoms with Gasteiger partial charge in [-0.3, -0.25) is 4.98 Å². The molecular formula is C22H20N2O2. The molecule has 26 heavy (non-hydrogen) atoms. The van der Waals surface area contributed by atoms with Gasteiger partial charge < -0.3 is 14.8 Å². The fourth-order valence-electron chi connectivity index (χ4n) is 3.20. The molecule has 4 aromatic rings. The Morgan fingerprint density at radius 1 is 1.00 bits per heavy atom. The van der Waals surface area contributed by atoms with Crippen molar-refractivity contribution in [2.45, 2.75) is 19.9 Å². The molecule has 0 aliphatic carbocycles. The Balaban J connectivity index is 1.85. The van der Waals surface area contributed by atoms with Crippen LogP contribution in [0.1, 0.15) is 28.5 Å². The predicted octanol–water partition coefficient (Wildman–Crippen LogP) is 5.35. The van der Waals surface area contributed by atoms with Gasteiger partial charge >= 0.3 is 0 Å². The van der Waals surface area contributed by atoms with E-state index >= 15 is 0 Å². The van der Waals surface area contributed by atoms with Crippen LogP contribution in [-0.2, 0) is 0 Å². The lowest BCUT2D eigenvalue weighted by Crippen LogP contribution is -2.13. The molecule has 130 valence electrons. The first kappa shape index (κ1) is 16.2. The molecule has 0 fully saturated rings. The normalized spacial score (nSPS) is 12.2. The summed E-state index contributed by atoms with van der Waals surface area (Å²) >= 11 is 0. The summed E-state index contributed by atoms with van der Waals surface area (Å²) in [7, 11) is 0. The number of phenolic OH excluding ortho intramolecular Hbond substituents is 1. The third kappa shape index (κ3) is 2.80. The lowest BCUT2D eigenvalue weighted by Gasteiger charge is -2.22. The van der Waals surface area contributed by atoms with Crippen LogP contribution in [0.5, 0.6) is 5.75 Å². The van der Waals surface area contributed by atoms with E-state index in [-0.39, 0.29) is 11.8 Å². The second-order valence-electron chi connectivity index (χ2n) is 6.42. The number of nitrogens with zero attached hydrogens (tertiary/aromatic N) is 1. The van der Waals surface area contributed by atoms with Crippen molar-refractivity contribution >= 4 is 16.6 Å². The highest BCUT2D eigenvalue weighted by atomic mass is 16.3. The number of furan rings is 1. The average molecular weight is 344 g/mol. The van der Waals surface area contributed by atoms with E-state index in [9.17, 15) is 5.11 Å². The van der Waals surface area contributed by atoms with E-state index in [2.05, 4.69) is 30.2 Å². The fourth-order valence-corrected chi connectivity index (χ4v) is 3.20. The lowest BCUT2D eigenvalue weighted by atomic mass is 9.99. The molecule has 1 unspecified atom stereocenters. The lowest BCUT2D eigenvalue weighted by molar-refractivity contribution is 0.458. The van der Waals surface area contributed by atoms with E-state index in [1.54, 1.807) is 12.5 Å². The minimum Gasteiger partial charge on any atom is -0.505 e. The molecule has 4 heteroatoms. The van der Waals surface area contributed by atoms with Crippen LogP contribution in [0.3, 0.4) is 0 Å². The van der Waals surface area contributed by atoms with Crippen molar-refractivity contribution in [2.75, 3.05) is 5.32 Å². The van der Waals surface area contributed by atoms with Crippen molar-refractivity contribution in [3.05, 3.63) is 89.5 Å². The summed E-state index contributed by atoms with van der Waals surface area (Å²) in [5, 5.41) is 15.3. The number of fused-ring (bicyclic) bond motifs is 1. The van der Waals surface area contributed by atoms with E-state index in [0.29, 0.717) is 5.52 Å². The Kier molecular flexibility index (Phi) is 4.09. The van der Waals surface area contributed by atoms with Gasteiger partial charge in [-0.25, -0.2) is 0 Å². The van der Waals surface area contributed by atoms with Gasteiger partial charge in [-0.2, -0.15) is 0 Å². The number of aromatic hydroxyl groups is 1. The average Bonchev–Trinajstić information content (AvgIpc) is 3.18. The number of pyridine rings is 1. The summed E-state index contributed by atoms with van der Waals surface area (Å²) < 4.78 is 5.67. The maximum atomic E-state index is 10.9. The number of hydrogen-bond acceptors (Lipinski definition) is 4. The monoisotopic (exact) mass is 344 g/mol. The Labute approximate surface area is 152 Å². The molecule has 0 aliphatic rings. The SMILES string of the molecule is Cc1cccc(NC(c2ccco2)c2ccc3cccnc3c2O)c1C. The molecule has 1 atom stereocenters. The summed E-state index contributed by atoms with van der Waals surface area (Å²) in [5.74, 6) is 0.902. The Bertz CT molecular complexity index is 1060. The number of hydrogen-bond donors (Lipinski definition) is 2. The number of aryl methyl sites for hydroxylation is 1. The van der Waals surface area contributed by atoms with Crippen molar-refractivity contribution in [3.63, 3.8) is 0 Å². The second-order valence-corrected chi connectivity index (χ2v) is 6.42. The zero-order chi connectivity index (χ0) is 18.1. The van der Waals surface area contributed by atoms with Gasteiger partial charge in [0.2, 0.25) is 0 Å². The van der Waals surface area contributed by atoms with Gasteiger partial charge in [-0.15, -0.1) is 0 Å². The molecule has 0 aliphatic heterocycles. The van der Waals surface area contributed by atoms with Crippen molar-refractivity contribution in [2.24, 2.45) is 0 Å². The summed E-state index contributed by atoms with van der Waals surface area (Å²) in [5.41, 5.74) is 4.70. The van der Waals surface area contributed by atoms with E-state index < -0.39 is 0 Å². The van der Waals surface area contributed by atoms with Crippen molar-refractivity contribution in [1.82, 2.24) is 4.98 Å². The molecular weight excluding hydrogens is 324 g/mol. The van der Waals surface area contributed by atoms with Crippen LogP contribution in [-0.4, -0.2) is 10.1 Å². The van der Waals surface area contributed by atoms with Crippen LogP contribution >= 0.6 is 0 Å². The number of phenols is 1. The fraction of sp³-hybridized carbons (Fsp3) is 0.136. The zero-order valence-electron chi connectivity index (χ0n) is 14.7. The number of rotatable bonds is 4. The summed E-state index contributed by atoms with van der Waals surface area (Å²) in [6, 6.07) is 17.3. The standard InChI is InChI=1S/C22H20N2O2/c1-14-6-3-8-18(15(14)2)24-21(19-9-5-13-26-19)17-11-10-16-7-4-12-23-20(16)22(17)25/h3-13,21,24-25H,1-2H3. The van der Waals surface area contributed by atoms with Crippen LogP contribution in [0, 0.1) is 13.8 Å². The summed E-state index contributed by atoms with van der Waals surface area (Å²) in [6.07, 6.45) is 3.33. The van der Waals surface area contributed by atoms with Gasteiger partial charge in [0.05, 0.1) is 6.26 Å². The Morgan fingerprint density at radius 3 is 2.69 bits per heavy atom. The first-order chi connectivity index (χ1) is 12.6. The van der Waals surface area contributed by atoms with E-state index in [1.165, 1.54) is 11.1 Å². The highest BCUT2D eigenvalue weighted by Gasteiger charge is 2.22. The maximum Gasteiger partial charge on any atom is 0.147 e. The minimum atomic E-state index is -0.322. The largest absolute Gasteiger partial charge is 0.505 e. The Hall–Kier alpha value is -3.27. The molecule has 2 aromatic carbocycles. The first-order valence-corrected chi connectivity index (χ1v) is 8.58. The van der Waals surface area contributed by atoms with Crippen molar-refractivity contribution < 1.29 is 9.52 Å². The van der Waals surface area contributed by atoms with Crippen LogP contribution in [0.2, 0.25) is 0 Å². The third-order valence-corrected chi connectivity index (χ3v) is 4.82. The van der Waals surface area contributed by atoms with Gasteiger partial charge in [0.15, 0.2) is 0 Å². The maximum absolute atomic E-state index is 10.9. The molecule has 4 rings (SSSR count). The van der Waals surface area contributed by atoms with Crippen molar-refractivity contribution in [3.8, 4) is 5.75 Å². The minimum absolute atomic E-state index is 0.169. The molecule has 0 amide bonds. The van der Waals surface area contributed by atoms with Gasteiger partial charge in [0.25, 0.3) is 0 Å². The van der Waals surface area contributed by atoms with Crippen molar-refractivity contribution in [1.29, 1.82) is 0 Å². The van der Waals surface area contributed by atoms with Crippen LogP contribution in [0.15, 0.2) is 71.5 Å². The van der Waals surface area contributed by atoms with Crippen LogP contribution < -0.4 is 5.32 Å². The van der Waals surface area contributed by atoms with Gasteiger partial charge in [0.1, 0.15) is 23.1 Å². The zero-order valence-corrected chi connectivity index (χ0v) is 14.7. The van der Waals surface area contributed by atoms with Gasteiger partial charge in [-0.1, -0.05) is 30.3 Å². The molecule has 0 saturated carbocycles. The molecule has 4 nitrogen and oxygen atoms in total. The van der Waals surface area contributed by atoms with E-state index in [1.807, 2.05) is 48.5 Å². The number of anilines is 1. The highest BCUT2D eigenvalue weighted by Crippen LogP contribution is 2.37. The third-order valence-electron chi connectivity index (χ3n) is 4.82. The molecule has 0 radical (unpaired) electrons. The molecule has 0 bridgehead atoms. The van der Waals surface area contributed by atoms with E-state index in [0.717, 1.165) is 22.4 Å². The Morgan fingerprint density at radius 2 is 1.88 bits per heavy atom. The summed E-state index contributed by atoms with van der Waals surface area (Å²) in [4.78, 5) is 4.34. The van der Waals surface area contributed by atoms with E-state index in [4.69, 9.17) is 4.42 Å². The topological polar surface area (TPSA) is 58.3 Å². The smallest absolute Gasteiger partial charge is 0.147 e. The molecule has 2 aromatic heterocycles. The van der Waals surface area contributed by atoms with Gasteiger partial charge in [0, 0.05) is 22.8 Å². The number of aromatic nitrogens is 1.